The number of para-hydroxylation sites is 2. The number of nitro benzene ring substituents is 1. The van der Waals surface area contributed by atoms with Crippen molar-refractivity contribution in [2.24, 2.45) is 5.10 Å². The summed E-state index contributed by atoms with van der Waals surface area (Å²) < 4.78 is 5.67. The SMILES string of the molecule is CC(=O)Nc1ccc(OCC(=O)N2N=C(c3nc4ccccc4[nH]3)CC2c2cccc([N+](=O)[O-])c2)cc1. The lowest BCUT2D eigenvalue weighted by molar-refractivity contribution is -0.385. The Morgan fingerprint density at radius 3 is 2.65 bits per heavy atom. The summed E-state index contributed by atoms with van der Waals surface area (Å²) in [6.07, 6.45) is 0.318. The number of H-pyrrole nitrogens is 1. The predicted octanol–water partition coefficient (Wildman–Crippen LogP) is 4.19. The van der Waals surface area contributed by atoms with Gasteiger partial charge < -0.3 is 15.0 Å². The van der Waals surface area contributed by atoms with Gasteiger partial charge in [0.05, 0.1) is 22.0 Å². The van der Waals surface area contributed by atoms with E-state index in [0.29, 0.717) is 35.0 Å². The maximum Gasteiger partial charge on any atom is 0.281 e. The lowest BCUT2D eigenvalue weighted by atomic mass is 10.0. The van der Waals surface area contributed by atoms with Gasteiger partial charge in [-0.05, 0) is 42.0 Å². The number of benzene rings is 3. The molecule has 0 fully saturated rings. The van der Waals surface area contributed by atoms with Crippen LogP contribution in [-0.4, -0.2) is 44.0 Å². The Kier molecular flexibility index (Phi) is 6.33. The van der Waals surface area contributed by atoms with Gasteiger partial charge >= 0.3 is 0 Å². The summed E-state index contributed by atoms with van der Waals surface area (Å²) in [4.78, 5) is 43.1. The van der Waals surface area contributed by atoms with Gasteiger partial charge in [0.2, 0.25) is 5.91 Å². The van der Waals surface area contributed by atoms with E-state index in [0.717, 1.165) is 11.0 Å². The van der Waals surface area contributed by atoms with Crippen LogP contribution in [0.2, 0.25) is 0 Å². The zero-order valence-corrected chi connectivity index (χ0v) is 19.7. The van der Waals surface area contributed by atoms with E-state index in [1.807, 2.05) is 24.3 Å². The molecule has 0 aliphatic carbocycles. The standard InChI is InChI=1S/C26H22N6O5/c1-16(33)27-18-9-11-20(12-10-18)37-15-25(34)31-24(17-5-4-6-19(13-17)32(35)36)14-23(30-31)26-28-21-7-2-3-8-22(21)29-26/h2-13,24H,14-15H2,1H3,(H,27,33)(H,28,29). The second-order valence-corrected chi connectivity index (χ2v) is 8.45. The van der Waals surface area contributed by atoms with Gasteiger partial charge in [0.1, 0.15) is 11.5 Å². The Hall–Kier alpha value is -5.06. The second-order valence-electron chi connectivity index (χ2n) is 8.45. The maximum absolute atomic E-state index is 13.3. The number of aromatic nitrogens is 2. The molecule has 3 aromatic carbocycles. The minimum Gasteiger partial charge on any atom is -0.484 e. The number of hydrogen-bond donors (Lipinski definition) is 2. The number of rotatable bonds is 7. The van der Waals surface area contributed by atoms with E-state index in [4.69, 9.17) is 4.74 Å². The molecule has 1 unspecified atom stereocenters. The number of carbonyl (C=O) groups excluding carboxylic acids is 2. The van der Waals surface area contributed by atoms with Crippen molar-refractivity contribution in [2.45, 2.75) is 19.4 Å². The van der Waals surface area contributed by atoms with Crippen LogP contribution in [0, 0.1) is 10.1 Å². The summed E-state index contributed by atoms with van der Waals surface area (Å²) in [5.41, 5.74) is 3.28. The Labute approximate surface area is 210 Å². The minimum atomic E-state index is -0.568. The third-order valence-corrected chi connectivity index (χ3v) is 5.83. The van der Waals surface area contributed by atoms with Gasteiger partial charge in [-0.15, -0.1) is 0 Å². The molecule has 5 rings (SSSR count). The lowest BCUT2D eigenvalue weighted by Crippen LogP contribution is -2.31. The van der Waals surface area contributed by atoms with Crippen molar-refractivity contribution >= 4 is 39.9 Å². The normalized spacial score (nSPS) is 14.9. The van der Waals surface area contributed by atoms with E-state index in [9.17, 15) is 19.7 Å². The smallest absolute Gasteiger partial charge is 0.281 e. The molecular formula is C26H22N6O5. The minimum absolute atomic E-state index is 0.0717. The largest absolute Gasteiger partial charge is 0.484 e. The topological polar surface area (TPSA) is 143 Å². The number of nitrogens with one attached hydrogen (secondary N) is 2. The number of amides is 2. The molecule has 4 aromatic rings. The highest BCUT2D eigenvalue weighted by atomic mass is 16.6. The molecule has 0 saturated heterocycles. The molecule has 186 valence electrons. The molecule has 2 N–H and O–H groups in total. The van der Waals surface area contributed by atoms with Gasteiger partial charge in [-0.25, -0.2) is 9.99 Å². The third kappa shape index (κ3) is 5.15. The highest BCUT2D eigenvalue weighted by Crippen LogP contribution is 2.34. The van der Waals surface area contributed by atoms with Crippen molar-refractivity contribution in [3.8, 4) is 5.75 Å². The number of nitro groups is 1. The van der Waals surface area contributed by atoms with Gasteiger partial charge in [0.15, 0.2) is 12.4 Å². The summed E-state index contributed by atoms with van der Waals surface area (Å²) in [5, 5.41) is 19.9. The van der Waals surface area contributed by atoms with Crippen LogP contribution in [0.4, 0.5) is 11.4 Å². The summed E-state index contributed by atoms with van der Waals surface area (Å²) in [7, 11) is 0. The number of aromatic amines is 1. The number of hydrazone groups is 1. The van der Waals surface area contributed by atoms with E-state index in [2.05, 4.69) is 20.4 Å². The number of non-ortho nitro benzene ring substituents is 1. The van der Waals surface area contributed by atoms with E-state index < -0.39 is 16.9 Å². The van der Waals surface area contributed by atoms with Crippen LogP contribution < -0.4 is 10.1 Å². The Morgan fingerprint density at radius 2 is 1.92 bits per heavy atom. The summed E-state index contributed by atoms with van der Waals surface area (Å²) >= 11 is 0. The van der Waals surface area contributed by atoms with Crippen molar-refractivity contribution < 1.29 is 19.2 Å². The Bertz CT molecular complexity index is 1500. The molecule has 0 spiro atoms. The van der Waals surface area contributed by atoms with Gasteiger partial charge in [-0.3, -0.25) is 19.7 Å². The predicted molar refractivity (Wildman–Crippen MR) is 136 cm³/mol. The van der Waals surface area contributed by atoms with Crippen LogP contribution in [0.15, 0.2) is 77.9 Å². The maximum atomic E-state index is 13.3. The third-order valence-electron chi connectivity index (χ3n) is 5.83. The van der Waals surface area contributed by atoms with Gasteiger partial charge in [-0.2, -0.15) is 5.10 Å². The molecule has 1 atom stereocenters. The molecule has 1 aromatic heterocycles. The van der Waals surface area contributed by atoms with Crippen LogP contribution in [0.1, 0.15) is 30.8 Å². The average Bonchev–Trinajstić information content (AvgIpc) is 3.53. The van der Waals surface area contributed by atoms with Crippen LogP contribution in [0.5, 0.6) is 5.75 Å². The van der Waals surface area contributed by atoms with Crippen molar-refractivity contribution in [3.05, 3.63) is 94.3 Å². The highest BCUT2D eigenvalue weighted by Gasteiger charge is 2.35. The summed E-state index contributed by atoms with van der Waals surface area (Å²) in [6.45, 7) is 1.11. The molecule has 2 amide bonds. The van der Waals surface area contributed by atoms with Crippen LogP contribution >= 0.6 is 0 Å². The van der Waals surface area contributed by atoms with E-state index >= 15 is 0 Å². The van der Waals surface area contributed by atoms with Crippen LogP contribution in [0.3, 0.4) is 0 Å². The van der Waals surface area contributed by atoms with E-state index in [1.165, 1.54) is 24.1 Å². The molecule has 0 radical (unpaired) electrons. The monoisotopic (exact) mass is 498 g/mol. The molecule has 0 saturated carbocycles. The van der Waals surface area contributed by atoms with E-state index in [1.54, 1.807) is 36.4 Å². The van der Waals surface area contributed by atoms with Crippen molar-refractivity contribution in [3.63, 3.8) is 0 Å². The molecular weight excluding hydrogens is 476 g/mol. The second kappa shape index (κ2) is 9.90. The van der Waals surface area contributed by atoms with Gasteiger partial charge in [-0.1, -0.05) is 24.3 Å². The number of carbonyl (C=O) groups is 2. The number of ether oxygens (including phenoxy) is 1. The zero-order valence-electron chi connectivity index (χ0n) is 19.7. The zero-order chi connectivity index (χ0) is 25.9. The number of hydrogen-bond acceptors (Lipinski definition) is 7. The van der Waals surface area contributed by atoms with Gasteiger partial charge in [0.25, 0.3) is 11.6 Å². The van der Waals surface area contributed by atoms with Crippen LogP contribution in [-0.2, 0) is 9.59 Å². The number of imidazole rings is 1. The molecule has 1 aliphatic heterocycles. The van der Waals surface area contributed by atoms with Crippen molar-refractivity contribution in [2.75, 3.05) is 11.9 Å². The molecule has 1 aliphatic rings. The van der Waals surface area contributed by atoms with E-state index in [-0.39, 0.29) is 18.2 Å². The first kappa shape index (κ1) is 23.7. The number of fused-ring (bicyclic) bond motifs is 1. The Balaban J connectivity index is 1.40. The molecule has 11 heteroatoms. The first-order valence-corrected chi connectivity index (χ1v) is 11.5. The average molecular weight is 498 g/mol. The van der Waals surface area contributed by atoms with Crippen molar-refractivity contribution in [1.82, 2.24) is 15.0 Å². The first-order valence-electron chi connectivity index (χ1n) is 11.5. The quantitative estimate of drug-likeness (QED) is 0.289. The highest BCUT2D eigenvalue weighted by molar-refractivity contribution is 6.02. The molecule has 37 heavy (non-hydrogen) atoms. The number of anilines is 1. The fraction of sp³-hybridized carbons (Fsp3) is 0.154. The fourth-order valence-electron chi connectivity index (χ4n) is 4.13. The van der Waals surface area contributed by atoms with Gasteiger partial charge in [0, 0.05) is 31.2 Å². The fourth-order valence-corrected chi connectivity index (χ4v) is 4.13. The van der Waals surface area contributed by atoms with Crippen LogP contribution in [0.25, 0.3) is 11.0 Å². The molecule has 11 nitrogen and oxygen atoms in total. The summed E-state index contributed by atoms with van der Waals surface area (Å²) in [6, 6.07) is 19.8. The number of nitrogens with zero attached hydrogens (tertiary/aromatic N) is 4. The first-order chi connectivity index (χ1) is 17.9. The molecule has 2 heterocycles. The lowest BCUT2D eigenvalue weighted by Gasteiger charge is -2.22. The Morgan fingerprint density at radius 1 is 1.14 bits per heavy atom. The summed E-state index contributed by atoms with van der Waals surface area (Å²) in [5.74, 6) is 0.355. The molecule has 0 bridgehead atoms. The van der Waals surface area contributed by atoms with Crippen molar-refractivity contribution in [1.29, 1.82) is 0 Å².